The van der Waals surface area contributed by atoms with Crippen LogP contribution in [0.2, 0.25) is 0 Å². The number of hydrogen-bond acceptors (Lipinski definition) is 3. The first kappa shape index (κ1) is 14.6. The highest BCUT2D eigenvalue weighted by atomic mass is 16.1. The SMILES string of the molecule is CC(C=O)N1CCC(C)(c2ccccc2)c2cc(N)ccc21. The molecule has 22 heavy (non-hydrogen) atoms. The summed E-state index contributed by atoms with van der Waals surface area (Å²) >= 11 is 0. The van der Waals surface area contributed by atoms with Crippen LogP contribution in [0.1, 0.15) is 31.4 Å². The molecule has 2 unspecified atom stereocenters. The molecule has 0 radical (unpaired) electrons. The van der Waals surface area contributed by atoms with Crippen molar-refractivity contribution < 1.29 is 4.79 Å². The number of benzene rings is 2. The molecule has 2 aromatic rings. The monoisotopic (exact) mass is 294 g/mol. The van der Waals surface area contributed by atoms with Crippen molar-refractivity contribution in [2.45, 2.75) is 31.7 Å². The maximum absolute atomic E-state index is 11.2. The minimum Gasteiger partial charge on any atom is -0.399 e. The van der Waals surface area contributed by atoms with Crippen LogP contribution in [-0.4, -0.2) is 18.9 Å². The highest BCUT2D eigenvalue weighted by Crippen LogP contribution is 2.45. The van der Waals surface area contributed by atoms with Crippen molar-refractivity contribution in [3.63, 3.8) is 0 Å². The third-order valence-corrected chi connectivity index (χ3v) is 4.88. The summed E-state index contributed by atoms with van der Waals surface area (Å²) in [5, 5.41) is 0. The van der Waals surface area contributed by atoms with Crippen LogP contribution >= 0.6 is 0 Å². The number of nitrogen functional groups attached to an aromatic ring is 1. The van der Waals surface area contributed by atoms with Crippen molar-refractivity contribution in [1.29, 1.82) is 0 Å². The van der Waals surface area contributed by atoms with E-state index in [-0.39, 0.29) is 11.5 Å². The first-order valence-electron chi connectivity index (χ1n) is 7.74. The Kier molecular flexibility index (Phi) is 3.65. The normalized spacial score (nSPS) is 22.0. The quantitative estimate of drug-likeness (QED) is 0.697. The molecule has 0 saturated heterocycles. The van der Waals surface area contributed by atoms with Crippen molar-refractivity contribution in [2.75, 3.05) is 17.2 Å². The standard InChI is InChI=1S/C19H22N2O/c1-14(13-22)21-11-10-19(2,15-6-4-3-5-7-15)17-12-16(20)8-9-18(17)21/h3-9,12-14H,10-11,20H2,1-2H3. The van der Waals surface area contributed by atoms with Gasteiger partial charge in [0.1, 0.15) is 6.29 Å². The zero-order valence-electron chi connectivity index (χ0n) is 13.1. The van der Waals surface area contributed by atoms with Crippen LogP contribution in [0.5, 0.6) is 0 Å². The molecule has 3 heteroatoms. The molecular formula is C19H22N2O. The predicted octanol–water partition coefficient (Wildman–Crippen LogP) is 3.37. The number of fused-ring (bicyclic) bond motifs is 1. The van der Waals surface area contributed by atoms with E-state index in [4.69, 9.17) is 5.73 Å². The number of nitrogens with zero attached hydrogens (tertiary/aromatic N) is 1. The number of anilines is 2. The van der Waals surface area contributed by atoms with Gasteiger partial charge in [-0.25, -0.2) is 0 Å². The Bertz CT molecular complexity index is 683. The average Bonchev–Trinajstić information content (AvgIpc) is 2.56. The summed E-state index contributed by atoms with van der Waals surface area (Å²) in [5.41, 5.74) is 10.4. The number of nitrogens with two attached hydrogens (primary N) is 1. The Balaban J connectivity index is 2.16. The molecule has 1 heterocycles. The van der Waals surface area contributed by atoms with Gasteiger partial charge >= 0.3 is 0 Å². The Morgan fingerprint density at radius 1 is 1.23 bits per heavy atom. The fourth-order valence-corrected chi connectivity index (χ4v) is 3.45. The van der Waals surface area contributed by atoms with E-state index < -0.39 is 0 Å². The van der Waals surface area contributed by atoms with Gasteiger partial charge in [-0.2, -0.15) is 0 Å². The van der Waals surface area contributed by atoms with Crippen molar-refractivity contribution >= 4 is 17.7 Å². The van der Waals surface area contributed by atoms with Crippen LogP contribution in [0.4, 0.5) is 11.4 Å². The molecule has 3 nitrogen and oxygen atoms in total. The fourth-order valence-electron chi connectivity index (χ4n) is 3.45. The second-order valence-electron chi connectivity index (χ2n) is 6.29. The van der Waals surface area contributed by atoms with E-state index in [9.17, 15) is 4.79 Å². The first-order valence-corrected chi connectivity index (χ1v) is 7.74. The van der Waals surface area contributed by atoms with Gasteiger partial charge in [-0.15, -0.1) is 0 Å². The highest BCUT2D eigenvalue weighted by Gasteiger charge is 2.37. The summed E-state index contributed by atoms with van der Waals surface area (Å²) in [5.74, 6) is 0. The molecular weight excluding hydrogens is 272 g/mol. The topological polar surface area (TPSA) is 46.3 Å². The predicted molar refractivity (Wildman–Crippen MR) is 91.2 cm³/mol. The largest absolute Gasteiger partial charge is 0.399 e. The zero-order valence-corrected chi connectivity index (χ0v) is 13.1. The van der Waals surface area contributed by atoms with E-state index in [1.807, 2.05) is 25.1 Å². The van der Waals surface area contributed by atoms with Crippen molar-refractivity contribution in [1.82, 2.24) is 0 Å². The number of hydrogen-bond donors (Lipinski definition) is 1. The second-order valence-corrected chi connectivity index (χ2v) is 6.29. The molecule has 2 N–H and O–H groups in total. The van der Waals surface area contributed by atoms with Crippen LogP contribution in [0, 0.1) is 0 Å². The summed E-state index contributed by atoms with van der Waals surface area (Å²) in [7, 11) is 0. The lowest BCUT2D eigenvalue weighted by atomic mass is 9.70. The number of carbonyl (C=O) groups is 1. The van der Waals surface area contributed by atoms with E-state index in [0.717, 1.165) is 30.6 Å². The van der Waals surface area contributed by atoms with E-state index >= 15 is 0 Å². The maximum atomic E-state index is 11.2. The lowest BCUT2D eigenvalue weighted by Gasteiger charge is -2.44. The van der Waals surface area contributed by atoms with Gasteiger partial charge in [0, 0.05) is 23.3 Å². The molecule has 0 spiro atoms. The van der Waals surface area contributed by atoms with Crippen LogP contribution in [-0.2, 0) is 10.2 Å². The van der Waals surface area contributed by atoms with Gasteiger partial charge in [0.2, 0.25) is 0 Å². The lowest BCUT2D eigenvalue weighted by Crippen LogP contribution is -2.44. The minimum absolute atomic E-state index is 0.0783. The zero-order chi connectivity index (χ0) is 15.7. The van der Waals surface area contributed by atoms with Gasteiger partial charge in [-0.05, 0) is 42.7 Å². The smallest absolute Gasteiger partial charge is 0.142 e. The van der Waals surface area contributed by atoms with Crippen LogP contribution in [0.3, 0.4) is 0 Å². The van der Waals surface area contributed by atoms with Crippen molar-refractivity contribution in [2.24, 2.45) is 0 Å². The lowest BCUT2D eigenvalue weighted by molar-refractivity contribution is -0.108. The molecule has 0 saturated carbocycles. The Morgan fingerprint density at radius 2 is 1.95 bits per heavy atom. The third-order valence-electron chi connectivity index (χ3n) is 4.88. The Labute approximate surface area is 131 Å². The van der Waals surface area contributed by atoms with Crippen molar-refractivity contribution in [3.8, 4) is 0 Å². The van der Waals surface area contributed by atoms with E-state index in [2.05, 4.69) is 42.2 Å². The Hall–Kier alpha value is -2.29. The molecule has 0 aliphatic carbocycles. The minimum atomic E-state index is -0.123. The molecule has 0 bridgehead atoms. The van der Waals surface area contributed by atoms with Gasteiger partial charge in [-0.1, -0.05) is 37.3 Å². The molecule has 0 aromatic heterocycles. The second kappa shape index (κ2) is 5.48. The molecule has 0 fully saturated rings. The summed E-state index contributed by atoms with van der Waals surface area (Å²) in [6.45, 7) is 5.07. The fraction of sp³-hybridized carbons (Fsp3) is 0.316. The number of carbonyl (C=O) groups excluding carboxylic acids is 1. The van der Waals surface area contributed by atoms with Crippen LogP contribution < -0.4 is 10.6 Å². The van der Waals surface area contributed by atoms with E-state index in [0.29, 0.717) is 0 Å². The third kappa shape index (κ3) is 2.27. The van der Waals surface area contributed by atoms with Gasteiger partial charge in [0.15, 0.2) is 0 Å². The van der Waals surface area contributed by atoms with Gasteiger partial charge in [-0.3, -0.25) is 0 Å². The van der Waals surface area contributed by atoms with E-state index in [1.165, 1.54) is 11.1 Å². The average molecular weight is 294 g/mol. The van der Waals surface area contributed by atoms with Gasteiger partial charge in [0.25, 0.3) is 0 Å². The maximum Gasteiger partial charge on any atom is 0.142 e. The molecule has 0 amide bonds. The number of aldehydes is 1. The summed E-state index contributed by atoms with van der Waals surface area (Å²) in [4.78, 5) is 13.4. The Morgan fingerprint density at radius 3 is 2.64 bits per heavy atom. The molecule has 2 aromatic carbocycles. The molecule has 1 aliphatic heterocycles. The molecule has 2 atom stereocenters. The first-order chi connectivity index (χ1) is 10.6. The van der Waals surface area contributed by atoms with Crippen LogP contribution in [0.25, 0.3) is 0 Å². The van der Waals surface area contributed by atoms with Gasteiger partial charge < -0.3 is 15.4 Å². The molecule has 1 aliphatic rings. The van der Waals surface area contributed by atoms with Crippen LogP contribution in [0.15, 0.2) is 48.5 Å². The summed E-state index contributed by atoms with van der Waals surface area (Å²) in [6, 6.07) is 16.4. The van der Waals surface area contributed by atoms with Crippen molar-refractivity contribution in [3.05, 3.63) is 59.7 Å². The summed E-state index contributed by atoms with van der Waals surface area (Å²) in [6.07, 6.45) is 1.97. The highest BCUT2D eigenvalue weighted by molar-refractivity contribution is 5.72. The molecule has 114 valence electrons. The number of rotatable bonds is 3. The van der Waals surface area contributed by atoms with E-state index in [1.54, 1.807) is 0 Å². The van der Waals surface area contributed by atoms with Gasteiger partial charge in [0.05, 0.1) is 6.04 Å². The molecule has 3 rings (SSSR count). The summed E-state index contributed by atoms with van der Waals surface area (Å²) < 4.78 is 0.